The van der Waals surface area contributed by atoms with E-state index in [0.29, 0.717) is 0 Å². The van der Waals surface area contributed by atoms with Crippen molar-refractivity contribution in [2.75, 3.05) is 25.9 Å². The highest BCUT2D eigenvalue weighted by Gasteiger charge is 2.48. The third-order valence-corrected chi connectivity index (χ3v) is 7.95. The molecule has 5 heteroatoms. The lowest BCUT2D eigenvalue weighted by Crippen LogP contribution is -2.59. The maximum Gasteiger partial charge on any atom is 0.211 e. The molecular formula is C17H32N2O2S. The van der Waals surface area contributed by atoms with Crippen LogP contribution < -0.4 is 0 Å². The van der Waals surface area contributed by atoms with Crippen LogP contribution in [0.2, 0.25) is 0 Å². The number of likely N-dealkylation sites (tertiary alicyclic amines) is 1. The van der Waals surface area contributed by atoms with E-state index in [2.05, 4.69) is 18.7 Å². The van der Waals surface area contributed by atoms with E-state index in [0.717, 1.165) is 19.0 Å². The Hall–Kier alpha value is -0.130. The zero-order valence-electron chi connectivity index (χ0n) is 14.5. The van der Waals surface area contributed by atoms with Gasteiger partial charge in [0, 0.05) is 18.1 Å². The van der Waals surface area contributed by atoms with Crippen molar-refractivity contribution in [2.24, 2.45) is 5.41 Å². The van der Waals surface area contributed by atoms with E-state index in [9.17, 15) is 8.42 Å². The van der Waals surface area contributed by atoms with Crippen LogP contribution >= 0.6 is 0 Å². The fourth-order valence-electron chi connectivity index (χ4n) is 4.90. The van der Waals surface area contributed by atoms with Crippen molar-refractivity contribution >= 4 is 10.0 Å². The number of hydrogen-bond donors (Lipinski definition) is 0. The number of nitrogens with zero attached hydrogens (tertiary/aromatic N) is 2. The summed E-state index contributed by atoms with van der Waals surface area (Å²) in [5.41, 5.74) is 0.00905. The van der Waals surface area contributed by atoms with Crippen molar-refractivity contribution < 1.29 is 8.42 Å². The van der Waals surface area contributed by atoms with Crippen LogP contribution in [0.25, 0.3) is 0 Å². The van der Waals surface area contributed by atoms with Gasteiger partial charge in [0.15, 0.2) is 0 Å². The first-order valence-corrected chi connectivity index (χ1v) is 10.8. The molecule has 2 heterocycles. The average Bonchev–Trinajstić information content (AvgIpc) is 2.96. The molecule has 4 nitrogen and oxygen atoms in total. The second-order valence-electron chi connectivity index (χ2n) is 8.56. The quantitative estimate of drug-likeness (QED) is 0.782. The van der Waals surface area contributed by atoms with E-state index in [1.807, 2.05) is 0 Å². The minimum Gasteiger partial charge on any atom is -0.300 e. The highest BCUT2D eigenvalue weighted by molar-refractivity contribution is 7.88. The Morgan fingerprint density at radius 1 is 0.955 bits per heavy atom. The first-order chi connectivity index (χ1) is 10.2. The molecule has 1 saturated carbocycles. The highest BCUT2D eigenvalue weighted by atomic mass is 32.2. The SMILES string of the molecule is CC1(C)CCC2(CCN(C3CCCC3)CC2)CN1S(C)(=O)=O. The van der Waals surface area contributed by atoms with E-state index in [4.69, 9.17) is 0 Å². The number of rotatable bonds is 2. The van der Waals surface area contributed by atoms with Gasteiger partial charge in [-0.25, -0.2) is 8.42 Å². The van der Waals surface area contributed by atoms with Gasteiger partial charge in [0.1, 0.15) is 0 Å². The van der Waals surface area contributed by atoms with E-state index >= 15 is 0 Å². The number of piperidine rings is 2. The lowest BCUT2D eigenvalue weighted by atomic mass is 9.69. The second kappa shape index (κ2) is 5.75. The lowest BCUT2D eigenvalue weighted by Gasteiger charge is -2.53. The van der Waals surface area contributed by atoms with Gasteiger partial charge in [0.05, 0.1) is 6.26 Å². The fourth-order valence-corrected chi connectivity index (χ4v) is 6.40. The molecule has 0 unspecified atom stereocenters. The molecule has 0 bridgehead atoms. The molecule has 3 aliphatic rings. The van der Waals surface area contributed by atoms with Gasteiger partial charge in [0.25, 0.3) is 0 Å². The summed E-state index contributed by atoms with van der Waals surface area (Å²) in [5, 5.41) is 0. The van der Waals surface area contributed by atoms with E-state index in [1.54, 1.807) is 4.31 Å². The van der Waals surface area contributed by atoms with Gasteiger partial charge in [-0.3, -0.25) is 0 Å². The molecule has 0 radical (unpaired) electrons. The van der Waals surface area contributed by atoms with E-state index < -0.39 is 10.0 Å². The molecule has 128 valence electrons. The summed E-state index contributed by atoms with van der Waals surface area (Å²) in [6.45, 7) is 7.23. The maximum atomic E-state index is 12.2. The van der Waals surface area contributed by atoms with Crippen LogP contribution in [0.1, 0.15) is 65.2 Å². The van der Waals surface area contributed by atoms with Crippen LogP contribution in [0.4, 0.5) is 0 Å². The second-order valence-corrected chi connectivity index (χ2v) is 10.5. The maximum absolute atomic E-state index is 12.2. The molecule has 2 saturated heterocycles. The molecule has 0 aromatic carbocycles. The van der Waals surface area contributed by atoms with Crippen LogP contribution in [0.15, 0.2) is 0 Å². The summed E-state index contributed by atoms with van der Waals surface area (Å²) in [6, 6.07) is 0.809. The summed E-state index contributed by atoms with van der Waals surface area (Å²) < 4.78 is 26.2. The molecule has 0 aromatic rings. The largest absolute Gasteiger partial charge is 0.300 e. The minimum absolute atomic E-state index is 0.221. The van der Waals surface area contributed by atoms with Crippen molar-refractivity contribution in [3.63, 3.8) is 0 Å². The normalized spacial score (nSPS) is 30.9. The topological polar surface area (TPSA) is 40.6 Å². The lowest BCUT2D eigenvalue weighted by molar-refractivity contribution is -0.00273. The Morgan fingerprint density at radius 3 is 2.09 bits per heavy atom. The van der Waals surface area contributed by atoms with Crippen molar-refractivity contribution in [2.45, 2.75) is 76.8 Å². The van der Waals surface area contributed by atoms with E-state index in [1.165, 1.54) is 64.3 Å². The predicted molar refractivity (Wildman–Crippen MR) is 90.4 cm³/mol. The van der Waals surface area contributed by atoms with Gasteiger partial charge in [-0.1, -0.05) is 12.8 Å². The van der Waals surface area contributed by atoms with Gasteiger partial charge in [-0.05, 0) is 70.9 Å². The number of hydrogen-bond acceptors (Lipinski definition) is 3. The standard InChI is InChI=1S/C17H32N2O2S/c1-16(2)8-9-17(14-19(16)22(3,20)21)10-12-18(13-11-17)15-6-4-5-7-15/h15H,4-14H2,1-3H3. The first-order valence-electron chi connectivity index (χ1n) is 8.94. The van der Waals surface area contributed by atoms with Gasteiger partial charge in [-0.15, -0.1) is 0 Å². The molecule has 2 aliphatic heterocycles. The summed E-state index contributed by atoms with van der Waals surface area (Å²) in [6.07, 6.45) is 11.4. The highest BCUT2D eigenvalue weighted by Crippen LogP contribution is 2.46. The Kier molecular flexibility index (Phi) is 4.37. The van der Waals surface area contributed by atoms with Crippen LogP contribution in [-0.4, -0.2) is 55.1 Å². The van der Waals surface area contributed by atoms with Crippen molar-refractivity contribution in [1.29, 1.82) is 0 Å². The van der Waals surface area contributed by atoms with Gasteiger partial charge < -0.3 is 4.90 Å². The average molecular weight is 329 g/mol. The molecular weight excluding hydrogens is 296 g/mol. The summed E-state index contributed by atoms with van der Waals surface area (Å²) in [7, 11) is -3.12. The fraction of sp³-hybridized carbons (Fsp3) is 1.00. The third kappa shape index (κ3) is 3.22. The molecule has 0 atom stereocenters. The summed E-state index contributed by atoms with van der Waals surface area (Å²) in [5.74, 6) is 0. The molecule has 1 spiro atoms. The van der Waals surface area contributed by atoms with Crippen molar-refractivity contribution in [1.82, 2.24) is 9.21 Å². The van der Waals surface area contributed by atoms with E-state index in [-0.39, 0.29) is 11.0 Å². The first kappa shape index (κ1) is 16.7. The zero-order chi connectivity index (χ0) is 16.0. The Bertz CT molecular complexity index is 501. The van der Waals surface area contributed by atoms with Gasteiger partial charge >= 0.3 is 0 Å². The number of sulfonamides is 1. The Balaban J connectivity index is 1.68. The Morgan fingerprint density at radius 2 is 1.55 bits per heavy atom. The predicted octanol–water partition coefficient (Wildman–Crippen LogP) is 2.85. The Labute approximate surface area is 136 Å². The zero-order valence-corrected chi connectivity index (χ0v) is 15.3. The molecule has 3 rings (SSSR count). The molecule has 22 heavy (non-hydrogen) atoms. The third-order valence-electron chi connectivity index (χ3n) is 6.52. The van der Waals surface area contributed by atoms with Crippen LogP contribution in [0.3, 0.4) is 0 Å². The van der Waals surface area contributed by atoms with Crippen LogP contribution in [0.5, 0.6) is 0 Å². The molecule has 0 amide bonds. The van der Waals surface area contributed by atoms with Crippen LogP contribution in [0, 0.1) is 5.41 Å². The molecule has 3 fully saturated rings. The molecule has 1 aliphatic carbocycles. The molecule has 0 N–H and O–H groups in total. The van der Waals surface area contributed by atoms with Crippen LogP contribution in [-0.2, 0) is 10.0 Å². The summed E-state index contributed by atoms with van der Waals surface area (Å²) >= 11 is 0. The van der Waals surface area contributed by atoms with Crippen molar-refractivity contribution in [3.8, 4) is 0 Å². The van der Waals surface area contributed by atoms with Gasteiger partial charge in [0.2, 0.25) is 10.0 Å². The minimum atomic E-state index is -3.12. The summed E-state index contributed by atoms with van der Waals surface area (Å²) in [4.78, 5) is 2.68. The van der Waals surface area contributed by atoms with Gasteiger partial charge in [-0.2, -0.15) is 4.31 Å². The monoisotopic (exact) mass is 328 g/mol. The van der Waals surface area contributed by atoms with Crippen molar-refractivity contribution in [3.05, 3.63) is 0 Å². The molecule has 0 aromatic heterocycles. The smallest absolute Gasteiger partial charge is 0.211 e.